The van der Waals surface area contributed by atoms with Gasteiger partial charge in [-0.2, -0.15) is 0 Å². The molecule has 104 valence electrons. The van der Waals surface area contributed by atoms with E-state index in [0.29, 0.717) is 0 Å². The van der Waals surface area contributed by atoms with Crippen molar-refractivity contribution in [3.8, 4) is 0 Å². The van der Waals surface area contributed by atoms with E-state index in [1.54, 1.807) is 0 Å². The van der Waals surface area contributed by atoms with E-state index >= 15 is 0 Å². The highest BCUT2D eigenvalue weighted by atomic mass is 16.5. The summed E-state index contributed by atoms with van der Waals surface area (Å²) in [6, 6.07) is 0. The molecule has 0 saturated heterocycles. The Labute approximate surface area is 109 Å². The van der Waals surface area contributed by atoms with E-state index in [-0.39, 0.29) is 0 Å². The Morgan fingerprint density at radius 3 is 1.47 bits per heavy atom. The van der Waals surface area contributed by atoms with Gasteiger partial charge >= 0.3 is 0 Å². The van der Waals surface area contributed by atoms with E-state index in [2.05, 4.69) is 27.7 Å². The largest absolute Gasteiger partial charge is 0.381 e. The zero-order valence-electron chi connectivity index (χ0n) is 12.6. The summed E-state index contributed by atoms with van der Waals surface area (Å²) in [6.45, 7) is 11.1. The molecule has 0 amide bonds. The summed E-state index contributed by atoms with van der Waals surface area (Å²) in [5.74, 6) is 1.48. The van der Waals surface area contributed by atoms with Gasteiger partial charge in [-0.25, -0.2) is 0 Å². The van der Waals surface area contributed by atoms with E-state index in [1.807, 2.05) is 0 Å². The molecule has 1 heteroatoms. The number of ether oxygens (including phenoxy) is 1. The van der Waals surface area contributed by atoms with Gasteiger partial charge < -0.3 is 4.74 Å². The fourth-order valence-electron chi connectivity index (χ4n) is 2.12. The maximum atomic E-state index is 5.82. The monoisotopic (exact) mass is 242 g/mol. The third kappa shape index (κ3) is 12.2. The molecule has 0 spiro atoms. The Bertz CT molecular complexity index is 128. The van der Waals surface area contributed by atoms with Gasteiger partial charge in [-0.15, -0.1) is 0 Å². The summed E-state index contributed by atoms with van der Waals surface area (Å²) in [4.78, 5) is 0. The Balaban J connectivity index is 3.29. The van der Waals surface area contributed by atoms with Crippen molar-refractivity contribution in [1.82, 2.24) is 0 Å². The van der Waals surface area contributed by atoms with E-state index < -0.39 is 0 Å². The van der Waals surface area contributed by atoms with Crippen LogP contribution in [0.2, 0.25) is 0 Å². The average Bonchev–Trinajstić information content (AvgIpc) is 2.30. The zero-order chi connectivity index (χ0) is 12.9. The first-order valence-corrected chi connectivity index (χ1v) is 7.78. The number of hydrogen-bond donors (Lipinski definition) is 0. The molecule has 2 atom stereocenters. The average molecular weight is 242 g/mol. The van der Waals surface area contributed by atoms with Crippen LogP contribution in [0.15, 0.2) is 0 Å². The van der Waals surface area contributed by atoms with Crippen molar-refractivity contribution < 1.29 is 4.74 Å². The number of rotatable bonds is 12. The Morgan fingerprint density at radius 2 is 1.12 bits per heavy atom. The van der Waals surface area contributed by atoms with Crippen molar-refractivity contribution >= 4 is 0 Å². The van der Waals surface area contributed by atoms with Crippen LogP contribution >= 0.6 is 0 Å². The Hall–Kier alpha value is -0.0400. The molecule has 0 aliphatic carbocycles. The molecule has 17 heavy (non-hydrogen) atoms. The second-order valence-electron chi connectivity index (χ2n) is 5.74. The Morgan fingerprint density at radius 1 is 0.706 bits per heavy atom. The standard InChI is InChI=1S/C16H34O/c1-5-7-9-11-15(3)13-17-14-16(4)12-10-8-6-2/h15-16H,5-14H2,1-4H3. The summed E-state index contributed by atoms with van der Waals surface area (Å²) < 4.78 is 5.82. The van der Waals surface area contributed by atoms with Gasteiger partial charge in [-0.05, 0) is 24.7 Å². The second kappa shape index (κ2) is 12.4. The topological polar surface area (TPSA) is 9.23 Å². The molecule has 0 aromatic heterocycles. The minimum absolute atomic E-state index is 0.740. The smallest absolute Gasteiger partial charge is 0.0491 e. The lowest BCUT2D eigenvalue weighted by Crippen LogP contribution is -2.11. The van der Waals surface area contributed by atoms with Gasteiger partial charge in [0.2, 0.25) is 0 Å². The first-order chi connectivity index (χ1) is 8.20. The van der Waals surface area contributed by atoms with Gasteiger partial charge in [-0.1, -0.05) is 66.2 Å². The van der Waals surface area contributed by atoms with E-state index in [1.165, 1.54) is 51.4 Å². The molecule has 0 fully saturated rings. The minimum atomic E-state index is 0.740. The van der Waals surface area contributed by atoms with Gasteiger partial charge in [0, 0.05) is 13.2 Å². The zero-order valence-corrected chi connectivity index (χ0v) is 12.6. The van der Waals surface area contributed by atoms with Gasteiger partial charge in [0.15, 0.2) is 0 Å². The van der Waals surface area contributed by atoms with Crippen LogP contribution in [0.4, 0.5) is 0 Å². The molecule has 0 saturated carbocycles. The van der Waals surface area contributed by atoms with Crippen molar-refractivity contribution in [1.29, 1.82) is 0 Å². The van der Waals surface area contributed by atoms with Gasteiger partial charge in [0.25, 0.3) is 0 Å². The predicted molar refractivity (Wildman–Crippen MR) is 77.4 cm³/mol. The number of unbranched alkanes of at least 4 members (excludes halogenated alkanes) is 4. The van der Waals surface area contributed by atoms with Crippen LogP contribution in [0.3, 0.4) is 0 Å². The molecular weight excluding hydrogens is 208 g/mol. The molecule has 0 aliphatic heterocycles. The summed E-state index contributed by atoms with van der Waals surface area (Å²) in [5.41, 5.74) is 0. The SMILES string of the molecule is CCCCCC(C)COCC(C)CCCCC. The first-order valence-electron chi connectivity index (χ1n) is 7.78. The minimum Gasteiger partial charge on any atom is -0.381 e. The summed E-state index contributed by atoms with van der Waals surface area (Å²) >= 11 is 0. The molecule has 0 heterocycles. The fourth-order valence-corrected chi connectivity index (χ4v) is 2.12. The summed E-state index contributed by atoms with van der Waals surface area (Å²) in [5, 5.41) is 0. The first kappa shape index (κ1) is 17.0. The van der Waals surface area contributed by atoms with Gasteiger partial charge in [-0.3, -0.25) is 0 Å². The molecule has 0 N–H and O–H groups in total. The predicted octanol–water partition coefficient (Wildman–Crippen LogP) is 5.44. The van der Waals surface area contributed by atoms with Crippen molar-refractivity contribution in [3.63, 3.8) is 0 Å². The van der Waals surface area contributed by atoms with Gasteiger partial charge in [0.05, 0.1) is 0 Å². The van der Waals surface area contributed by atoms with Crippen LogP contribution in [0.5, 0.6) is 0 Å². The lowest BCUT2D eigenvalue weighted by molar-refractivity contribution is 0.0742. The molecule has 0 aliphatic rings. The van der Waals surface area contributed by atoms with Crippen LogP contribution in [-0.4, -0.2) is 13.2 Å². The summed E-state index contributed by atoms with van der Waals surface area (Å²) in [6.07, 6.45) is 10.8. The second-order valence-corrected chi connectivity index (χ2v) is 5.74. The highest BCUT2D eigenvalue weighted by Crippen LogP contribution is 2.12. The highest BCUT2D eigenvalue weighted by Gasteiger charge is 2.05. The lowest BCUT2D eigenvalue weighted by Gasteiger charge is -2.15. The van der Waals surface area contributed by atoms with Crippen LogP contribution < -0.4 is 0 Å². The van der Waals surface area contributed by atoms with Crippen LogP contribution in [0.1, 0.15) is 79.1 Å². The third-order valence-corrected chi connectivity index (χ3v) is 3.41. The lowest BCUT2D eigenvalue weighted by atomic mass is 10.0. The molecule has 0 rings (SSSR count). The fraction of sp³-hybridized carbons (Fsp3) is 1.00. The Kier molecular flexibility index (Phi) is 12.4. The van der Waals surface area contributed by atoms with E-state index in [4.69, 9.17) is 4.74 Å². The molecule has 2 unspecified atom stereocenters. The third-order valence-electron chi connectivity index (χ3n) is 3.41. The van der Waals surface area contributed by atoms with Gasteiger partial charge in [0.1, 0.15) is 0 Å². The van der Waals surface area contributed by atoms with E-state index in [9.17, 15) is 0 Å². The molecular formula is C16H34O. The summed E-state index contributed by atoms with van der Waals surface area (Å²) in [7, 11) is 0. The van der Waals surface area contributed by atoms with Crippen LogP contribution in [-0.2, 0) is 4.74 Å². The molecule has 1 nitrogen and oxygen atoms in total. The molecule has 0 aromatic carbocycles. The maximum Gasteiger partial charge on any atom is 0.0491 e. The molecule has 0 bridgehead atoms. The van der Waals surface area contributed by atoms with Crippen molar-refractivity contribution in [3.05, 3.63) is 0 Å². The normalized spacial score (nSPS) is 14.8. The van der Waals surface area contributed by atoms with Crippen LogP contribution in [0.25, 0.3) is 0 Å². The van der Waals surface area contributed by atoms with Crippen molar-refractivity contribution in [2.45, 2.75) is 79.1 Å². The molecule has 0 aromatic rings. The van der Waals surface area contributed by atoms with Crippen molar-refractivity contribution in [2.24, 2.45) is 11.8 Å². The van der Waals surface area contributed by atoms with Crippen molar-refractivity contribution in [2.75, 3.05) is 13.2 Å². The van der Waals surface area contributed by atoms with Crippen LogP contribution in [0, 0.1) is 11.8 Å². The number of hydrogen-bond acceptors (Lipinski definition) is 1. The highest BCUT2D eigenvalue weighted by molar-refractivity contribution is 4.55. The molecule has 0 radical (unpaired) electrons. The quantitative estimate of drug-likeness (QED) is 0.414. The maximum absolute atomic E-state index is 5.82. The van der Waals surface area contributed by atoms with E-state index in [0.717, 1.165) is 25.0 Å².